The molecule has 0 bridgehead atoms. The highest BCUT2D eigenvalue weighted by Gasteiger charge is 2.26. The van der Waals surface area contributed by atoms with Crippen molar-refractivity contribution < 1.29 is 4.79 Å². The maximum Gasteiger partial charge on any atom is 0.255 e. The van der Waals surface area contributed by atoms with E-state index in [9.17, 15) is 4.79 Å². The molecule has 2 nitrogen and oxygen atoms in total. The third kappa shape index (κ3) is 3.32. The molecular formula is C24H20NOP. The molecule has 27 heavy (non-hydrogen) atoms. The zero-order valence-corrected chi connectivity index (χ0v) is 15.7. The fourth-order valence-electron chi connectivity index (χ4n) is 3.37. The Morgan fingerprint density at radius 2 is 0.963 bits per heavy atom. The smallest absolute Gasteiger partial charge is 0.255 e. The van der Waals surface area contributed by atoms with Crippen molar-refractivity contribution in [3.63, 3.8) is 0 Å². The largest absolute Gasteiger partial charge is 0.291 e. The number of hydrogen-bond donors (Lipinski definition) is 0. The molecule has 0 atom stereocenters. The van der Waals surface area contributed by atoms with Gasteiger partial charge in [0.25, 0.3) is 5.91 Å². The van der Waals surface area contributed by atoms with Gasteiger partial charge in [-0.1, -0.05) is 91.0 Å². The molecule has 0 unspecified atom stereocenters. The van der Waals surface area contributed by atoms with E-state index in [2.05, 4.69) is 36.4 Å². The summed E-state index contributed by atoms with van der Waals surface area (Å²) in [4.78, 5) is 13.2. The lowest BCUT2D eigenvalue weighted by Gasteiger charge is -2.28. The second kappa shape index (κ2) is 7.65. The van der Waals surface area contributed by atoms with Gasteiger partial charge in [0, 0.05) is 18.2 Å². The average Bonchev–Trinajstić information content (AvgIpc) is 3.29. The van der Waals surface area contributed by atoms with Crippen LogP contribution in [-0.4, -0.2) is 16.3 Å². The summed E-state index contributed by atoms with van der Waals surface area (Å²) in [6, 6.07) is 34.9. The molecule has 0 amide bonds. The Bertz CT molecular complexity index is 966. The molecule has 0 saturated carbocycles. The van der Waals surface area contributed by atoms with Gasteiger partial charge < -0.3 is 0 Å². The van der Waals surface area contributed by atoms with E-state index in [0.29, 0.717) is 0 Å². The van der Waals surface area contributed by atoms with E-state index in [-0.39, 0.29) is 5.91 Å². The number of aromatic nitrogens is 1. The zero-order valence-electron chi connectivity index (χ0n) is 14.8. The number of benzene rings is 3. The molecule has 0 aliphatic heterocycles. The van der Waals surface area contributed by atoms with Crippen LogP contribution in [0.15, 0.2) is 116 Å². The summed E-state index contributed by atoms with van der Waals surface area (Å²) in [6.45, 7) is -2.25. The van der Waals surface area contributed by atoms with E-state index in [0.717, 1.165) is 0 Å². The molecule has 0 aliphatic carbocycles. The molecule has 0 saturated heterocycles. The number of nitrogens with zero attached hydrogens (tertiary/aromatic N) is 1. The highest BCUT2D eigenvalue weighted by atomic mass is 31.2. The van der Waals surface area contributed by atoms with Crippen LogP contribution in [0.3, 0.4) is 0 Å². The van der Waals surface area contributed by atoms with Crippen LogP contribution in [0.2, 0.25) is 0 Å². The lowest BCUT2D eigenvalue weighted by Crippen LogP contribution is -2.29. The number of carbonyl (C=O) groups excluding carboxylic acids is 1. The fourth-order valence-corrected chi connectivity index (χ4v) is 7.11. The minimum absolute atomic E-state index is 0.00936. The monoisotopic (exact) mass is 369 g/mol. The molecule has 1 heterocycles. The van der Waals surface area contributed by atoms with Crippen molar-refractivity contribution in [3.8, 4) is 0 Å². The summed E-state index contributed by atoms with van der Waals surface area (Å²) >= 11 is 0. The van der Waals surface area contributed by atoms with Crippen LogP contribution in [0, 0.1) is 0 Å². The Morgan fingerprint density at radius 1 is 0.593 bits per heavy atom. The van der Waals surface area contributed by atoms with Gasteiger partial charge >= 0.3 is 0 Å². The van der Waals surface area contributed by atoms with E-state index >= 15 is 0 Å². The Labute approximate surface area is 159 Å². The molecule has 3 heteroatoms. The van der Waals surface area contributed by atoms with Gasteiger partial charge in [-0.05, 0) is 34.9 Å². The van der Waals surface area contributed by atoms with Gasteiger partial charge in [0.1, 0.15) is 0 Å². The van der Waals surface area contributed by atoms with Crippen molar-refractivity contribution in [3.05, 3.63) is 116 Å². The van der Waals surface area contributed by atoms with Crippen LogP contribution >= 0.6 is 6.89 Å². The molecule has 1 aromatic heterocycles. The van der Waals surface area contributed by atoms with Gasteiger partial charge in [-0.25, -0.2) is 0 Å². The van der Waals surface area contributed by atoms with Crippen LogP contribution in [0.5, 0.6) is 0 Å². The average molecular weight is 369 g/mol. The van der Waals surface area contributed by atoms with E-state index in [1.54, 1.807) is 17.0 Å². The molecule has 4 rings (SSSR count). The SMILES string of the molecule is O=C(C=P(c1ccccc1)(c1ccccc1)c1ccccc1)n1cccc1. The lowest BCUT2D eigenvalue weighted by atomic mass is 10.4. The normalized spacial score (nSPS) is 11.1. The molecule has 0 fully saturated rings. The highest BCUT2D eigenvalue weighted by molar-refractivity contribution is 7.95. The quantitative estimate of drug-likeness (QED) is 0.500. The van der Waals surface area contributed by atoms with Crippen LogP contribution in [-0.2, 0) is 0 Å². The first-order valence-corrected chi connectivity index (χ1v) is 10.8. The van der Waals surface area contributed by atoms with Gasteiger partial charge in [0.15, 0.2) is 0 Å². The number of hydrogen-bond acceptors (Lipinski definition) is 1. The zero-order chi connectivity index (χ0) is 18.5. The van der Waals surface area contributed by atoms with Crippen molar-refractivity contribution in [2.45, 2.75) is 0 Å². The van der Waals surface area contributed by atoms with E-state index in [4.69, 9.17) is 0 Å². The summed E-state index contributed by atoms with van der Waals surface area (Å²) < 4.78 is 1.64. The maximum absolute atomic E-state index is 13.2. The van der Waals surface area contributed by atoms with Crippen molar-refractivity contribution >= 4 is 34.5 Å². The standard InChI is InChI=1S/C24H20NOP/c26-24(25-18-10-11-19-25)20-27(21-12-4-1-5-13-21,22-14-6-2-7-15-22)23-16-8-3-9-17-23/h1-20H. The molecule has 0 aliphatic rings. The summed E-state index contributed by atoms with van der Waals surface area (Å²) in [5, 5.41) is 3.51. The van der Waals surface area contributed by atoms with Crippen molar-refractivity contribution in [1.82, 2.24) is 4.57 Å². The summed E-state index contributed by atoms with van der Waals surface area (Å²) in [5.74, 6) is 1.93. The minimum Gasteiger partial charge on any atom is -0.291 e. The Morgan fingerprint density at radius 3 is 1.33 bits per heavy atom. The second-order valence-electron chi connectivity index (χ2n) is 6.29. The fraction of sp³-hybridized carbons (Fsp3) is 0. The summed E-state index contributed by atoms with van der Waals surface area (Å²) in [5.41, 5.74) is 0. The maximum atomic E-state index is 13.2. The molecule has 3 aromatic carbocycles. The Hall–Kier alpha value is -3.09. The molecule has 0 N–H and O–H groups in total. The number of rotatable bonds is 4. The predicted molar refractivity (Wildman–Crippen MR) is 116 cm³/mol. The second-order valence-corrected chi connectivity index (χ2v) is 9.54. The van der Waals surface area contributed by atoms with Gasteiger partial charge in [0.2, 0.25) is 0 Å². The van der Waals surface area contributed by atoms with Gasteiger partial charge in [-0.15, -0.1) is 0 Å². The summed E-state index contributed by atoms with van der Waals surface area (Å²) in [7, 11) is 0. The summed E-state index contributed by atoms with van der Waals surface area (Å²) in [6.07, 6.45) is 3.60. The minimum atomic E-state index is -2.25. The molecule has 132 valence electrons. The van der Waals surface area contributed by atoms with E-state index in [1.165, 1.54) is 15.9 Å². The van der Waals surface area contributed by atoms with Crippen LogP contribution < -0.4 is 15.9 Å². The highest BCUT2D eigenvalue weighted by Crippen LogP contribution is 2.43. The third-order valence-electron chi connectivity index (χ3n) is 4.65. The topological polar surface area (TPSA) is 22.0 Å². The molecule has 0 radical (unpaired) electrons. The first-order chi connectivity index (χ1) is 13.3. The molecular weight excluding hydrogens is 349 g/mol. The van der Waals surface area contributed by atoms with Crippen molar-refractivity contribution in [1.29, 1.82) is 0 Å². The Balaban J connectivity index is 2.08. The first kappa shape index (κ1) is 17.3. The third-order valence-corrected chi connectivity index (χ3v) is 8.60. The van der Waals surface area contributed by atoms with Gasteiger partial charge in [0.05, 0.1) is 0 Å². The molecule has 0 spiro atoms. The molecule has 4 aromatic rings. The Kier molecular flexibility index (Phi) is 4.91. The van der Waals surface area contributed by atoms with Crippen LogP contribution in [0.4, 0.5) is 0 Å². The van der Waals surface area contributed by atoms with Crippen molar-refractivity contribution in [2.75, 3.05) is 0 Å². The van der Waals surface area contributed by atoms with Crippen molar-refractivity contribution in [2.24, 2.45) is 0 Å². The van der Waals surface area contributed by atoms with E-state index < -0.39 is 6.89 Å². The van der Waals surface area contributed by atoms with Crippen LogP contribution in [0.1, 0.15) is 4.79 Å². The lowest BCUT2D eigenvalue weighted by molar-refractivity contribution is 0.0998. The van der Waals surface area contributed by atoms with E-state index in [1.807, 2.05) is 72.5 Å². The predicted octanol–water partition coefficient (Wildman–Crippen LogP) is 3.92. The first-order valence-electron chi connectivity index (χ1n) is 8.89. The van der Waals surface area contributed by atoms with Gasteiger partial charge in [-0.2, -0.15) is 0 Å². The van der Waals surface area contributed by atoms with Crippen LogP contribution in [0.25, 0.3) is 0 Å². The number of carbonyl (C=O) groups is 1. The van der Waals surface area contributed by atoms with Gasteiger partial charge in [-0.3, -0.25) is 9.36 Å².